The molecule has 2 aromatic carbocycles. The van der Waals surface area contributed by atoms with Crippen molar-refractivity contribution in [3.63, 3.8) is 0 Å². The molecule has 2 aliphatic heterocycles. The number of carbonyl (C=O) groups excluding carboxylic acids is 2. The fourth-order valence-corrected chi connectivity index (χ4v) is 5.77. The highest BCUT2D eigenvalue weighted by Crippen LogP contribution is 2.41. The van der Waals surface area contributed by atoms with Crippen LogP contribution in [0.25, 0.3) is 5.95 Å². The van der Waals surface area contributed by atoms with Crippen molar-refractivity contribution >= 4 is 29.2 Å². The fourth-order valence-electron chi connectivity index (χ4n) is 5.59. The zero-order chi connectivity index (χ0) is 28.6. The van der Waals surface area contributed by atoms with Crippen LogP contribution < -0.4 is 19.7 Å². The van der Waals surface area contributed by atoms with Gasteiger partial charge in [0.05, 0.1) is 6.42 Å². The molecule has 3 atom stereocenters. The molecule has 1 aliphatic carbocycles. The summed E-state index contributed by atoms with van der Waals surface area (Å²) in [5.74, 6) is 2.18. The van der Waals surface area contributed by atoms with Gasteiger partial charge in [-0.25, -0.2) is 9.97 Å². The topological polar surface area (TPSA) is 115 Å². The number of piperazine rings is 1. The lowest BCUT2D eigenvalue weighted by Crippen LogP contribution is -2.61. The first kappa shape index (κ1) is 26.3. The maximum atomic E-state index is 13.8. The Morgan fingerprint density at radius 2 is 1.88 bits per heavy atom. The van der Waals surface area contributed by atoms with Crippen molar-refractivity contribution in [3.05, 3.63) is 89.6 Å². The van der Waals surface area contributed by atoms with E-state index in [-0.39, 0.29) is 48.7 Å². The molecule has 214 valence electrons. The van der Waals surface area contributed by atoms with Crippen molar-refractivity contribution < 1.29 is 19.1 Å². The van der Waals surface area contributed by atoms with Gasteiger partial charge in [-0.2, -0.15) is 4.98 Å². The van der Waals surface area contributed by atoms with Gasteiger partial charge in [-0.1, -0.05) is 48.0 Å². The second-order valence-corrected chi connectivity index (χ2v) is 11.0. The Morgan fingerprint density at radius 1 is 1.02 bits per heavy atom. The van der Waals surface area contributed by atoms with Gasteiger partial charge in [0.2, 0.25) is 24.6 Å². The van der Waals surface area contributed by atoms with Gasteiger partial charge >= 0.3 is 0 Å². The number of imidazole rings is 1. The van der Waals surface area contributed by atoms with Crippen molar-refractivity contribution in [3.8, 4) is 17.4 Å². The average molecular weight is 586 g/mol. The van der Waals surface area contributed by atoms with Crippen LogP contribution in [0.2, 0.25) is 5.15 Å². The molecule has 4 aromatic rings. The van der Waals surface area contributed by atoms with Crippen LogP contribution >= 0.6 is 11.6 Å². The van der Waals surface area contributed by atoms with Gasteiger partial charge in [0, 0.05) is 50.1 Å². The number of halogens is 1. The number of nitrogens with one attached hydrogen (secondary N) is 1. The molecule has 11 nitrogen and oxygen atoms in total. The first-order chi connectivity index (χ1) is 20.5. The molecule has 12 heteroatoms. The molecule has 2 fully saturated rings. The summed E-state index contributed by atoms with van der Waals surface area (Å²) in [7, 11) is 0. The van der Waals surface area contributed by atoms with Crippen LogP contribution in [0.5, 0.6) is 11.5 Å². The smallest absolute Gasteiger partial charge is 0.244 e. The number of nitrogens with zero attached hydrogens (tertiary/aromatic N) is 6. The number of amides is 2. The van der Waals surface area contributed by atoms with Crippen LogP contribution in [-0.2, 0) is 16.0 Å². The number of fused-ring (bicyclic) bond motifs is 1. The highest BCUT2D eigenvalue weighted by Gasteiger charge is 2.43. The minimum Gasteiger partial charge on any atom is -0.454 e. The molecule has 1 N–H and O–H groups in total. The summed E-state index contributed by atoms with van der Waals surface area (Å²) in [5.41, 5.74) is 2.00. The van der Waals surface area contributed by atoms with E-state index >= 15 is 0 Å². The zero-order valence-corrected chi connectivity index (χ0v) is 23.4. The van der Waals surface area contributed by atoms with Crippen molar-refractivity contribution in [1.29, 1.82) is 0 Å². The van der Waals surface area contributed by atoms with Crippen LogP contribution in [0.4, 0.5) is 5.82 Å². The van der Waals surface area contributed by atoms with E-state index in [1.54, 1.807) is 40.3 Å². The van der Waals surface area contributed by atoms with E-state index < -0.39 is 6.04 Å². The third-order valence-electron chi connectivity index (χ3n) is 7.87. The molecule has 0 spiro atoms. The number of anilines is 1. The summed E-state index contributed by atoms with van der Waals surface area (Å²) in [6.07, 6.45) is 5.97. The number of ether oxygens (including phenoxy) is 2. The van der Waals surface area contributed by atoms with Gasteiger partial charge in [-0.15, -0.1) is 0 Å². The number of rotatable bonds is 7. The van der Waals surface area contributed by atoms with Crippen molar-refractivity contribution in [2.75, 3.05) is 31.3 Å². The SMILES string of the molecule is O=C(NC1CC1c1ccccc1)C1CN(c2cc(Cl)nc(-n3ccnc3)n2)CCN1C(=O)Cc1ccc2c(c1)OCO2. The number of aromatic nitrogens is 4. The minimum absolute atomic E-state index is 0.0300. The van der Waals surface area contributed by atoms with Gasteiger partial charge in [-0.3, -0.25) is 14.2 Å². The molecule has 0 radical (unpaired) electrons. The largest absolute Gasteiger partial charge is 0.454 e. The molecule has 2 amide bonds. The Bertz CT molecular complexity index is 1620. The molecule has 1 saturated carbocycles. The Hall–Kier alpha value is -4.64. The standard InChI is InChI=1S/C30H28ClN7O4/c31-26-15-27(35-30(34-26)37-9-8-32-17-37)36-10-11-38(28(39)13-19-6-7-24-25(12-19)42-18-41-24)23(16-36)29(40)33-22-14-21(22)20-4-2-1-3-5-20/h1-9,12,15,17,21-23H,10-11,13-14,16,18H2,(H,33,40). The maximum Gasteiger partial charge on any atom is 0.244 e. The van der Waals surface area contributed by atoms with Crippen LogP contribution in [0, 0.1) is 0 Å². The van der Waals surface area contributed by atoms with Crippen LogP contribution in [0.15, 0.2) is 73.3 Å². The van der Waals surface area contributed by atoms with E-state index in [1.165, 1.54) is 5.56 Å². The molecule has 4 heterocycles. The summed E-state index contributed by atoms with van der Waals surface area (Å²) in [6, 6.07) is 16.6. The monoisotopic (exact) mass is 585 g/mol. The van der Waals surface area contributed by atoms with Gasteiger partial charge in [0.25, 0.3) is 0 Å². The van der Waals surface area contributed by atoms with E-state index in [0.717, 1.165) is 12.0 Å². The van der Waals surface area contributed by atoms with Crippen molar-refractivity contribution in [1.82, 2.24) is 29.7 Å². The minimum atomic E-state index is -0.720. The molecule has 7 rings (SSSR count). The Morgan fingerprint density at radius 3 is 2.71 bits per heavy atom. The normalized spacial score (nSPS) is 20.8. The highest BCUT2D eigenvalue weighted by atomic mass is 35.5. The molecular formula is C30H28ClN7O4. The first-order valence-corrected chi connectivity index (χ1v) is 14.2. The average Bonchev–Trinajstić information content (AvgIpc) is 3.35. The third kappa shape index (κ3) is 5.35. The van der Waals surface area contributed by atoms with E-state index in [2.05, 4.69) is 32.4 Å². The summed E-state index contributed by atoms with van der Waals surface area (Å²) in [5, 5.41) is 3.48. The van der Waals surface area contributed by atoms with Crippen molar-refractivity contribution in [2.24, 2.45) is 0 Å². The Labute approximate surface area is 247 Å². The van der Waals surface area contributed by atoms with Crippen LogP contribution in [0.3, 0.4) is 0 Å². The number of hydrogen-bond acceptors (Lipinski definition) is 8. The van der Waals surface area contributed by atoms with E-state index in [9.17, 15) is 9.59 Å². The van der Waals surface area contributed by atoms with E-state index in [1.807, 2.05) is 35.2 Å². The number of benzene rings is 2. The predicted molar refractivity (Wildman–Crippen MR) is 154 cm³/mol. The lowest BCUT2D eigenvalue weighted by Gasteiger charge is -2.41. The maximum absolute atomic E-state index is 13.8. The summed E-state index contributed by atoms with van der Waals surface area (Å²) in [6.45, 7) is 1.25. The predicted octanol–water partition coefficient (Wildman–Crippen LogP) is 2.98. The number of hydrogen-bond donors (Lipinski definition) is 1. The molecule has 42 heavy (non-hydrogen) atoms. The molecular weight excluding hydrogens is 558 g/mol. The third-order valence-corrected chi connectivity index (χ3v) is 8.06. The van der Waals surface area contributed by atoms with Gasteiger partial charge in [-0.05, 0) is 29.7 Å². The Kier molecular flexibility index (Phi) is 6.87. The van der Waals surface area contributed by atoms with Crippen molar-refractivity contribution in [2.45, 2.75) is 30.8 Å². The summed E-state index contributed by atoms with van der Waals surface area (Å²) in [4.78, 5) is 44.2. The second kappa shape index (κ2) is 11.0. The lowest BCUT2D eigenvalue weighted by atomic mass is 10.1. The first-order valence-electron chi connectivity index (χ1n) is 13.8. The number of carbonyl (C=O) groups is 2. The van der Waals surface area contributed by atoms with E-state index in [0.29, 0.717) is 36.4 Å². The fraction of sp³-hybridized carbons (Fsp3) is 0.300. The molecule has 0 bridgehead atoms. The van der Waals surface area contributed by atoms with Gasteiger partial charge < -0.3 is 24.6 Å². The van der Waals surface area contributed by atoms with Gasteiger partial charge in [0.15, 0.2) is 11.5 Å². The summed E-state index contributed by atoms with van der Waals surface area (Å²) >= 11 is 6.37. The molecule has 3 aliphatic rings. The zero-order valence-electron chi connectivity index (χ0n) is 22.6. The van der Waals surface area contributed by atoms with Crippen LogP contribution in [0.1, 0.15) is 23.5 Å². The van der Waals surface area contributed by atoms with E-state index in [4.69, 9.17) is 21.1 Å². The molecule has 2 aromatic heterocycles. The Balaban J connectivity index is 1.12. The molecule has 3 unspecified atom stereocenters. The second-order valence-electron chi connectivity index (χ2n) is 10.6. The van der Waals surface area contributed by atoms with Crippen LogP contribution in [-0.4, -0.2) is 74.7 Å². The van der Waals surface area contributed by atoms with Gasteiger partial charge in [0.1, 0.15) is 23.3 Å². The highest BCUT2D eigenvalue weighted by molar-refractivity contribution is 6.29. The quantitative estimate of drug-likeness (QED) is 0.329. The summed E-state index contributed by atoms with van der Waals surface area (Å²) < 4.78 is 12.6. The lowest BCUT2D eigenvalue weighted by molar-refractivity contribution is -0.140. The molecule has 1 saturated heterocycles.